The van der Waals surface area contributed by atoms with Gasteiger partial charge < -0.3 is 14.2 Å². The number of ether oxygens (including phenoxy) is 3. The van der Waals surface area contributed by atoms with Crippen LogP contribution in [0.3, 0.4) is 0 Å². The molecule has 0 aromatic carbocycles. The van der Waals surface area contributed by atoms with Crippen molar-refractivity contribution in [2.75, 3.05) is 13.2 Å². The minimum absolute atomic E-state index is 0.0949. The topological polar surface area (TPSA) is 78.9 Å². The molecule has 81 heavy (non-hydrogen) atoms. The Balaban J connectivity index is 4.39. The summed E-state index contributed by atoms with van der Waals surface area (Å²) in [6, 6.07) is 0. The molecule has 0 fully saturated rings. The van der Waals surface area contributed by atoms with Crippen LogP contribution in [0.1, 0.15) is 278 Å². The van der Waals surface area contributed by atoms with Gasteiger partial charge in [-0.25, -0.2) is 0 Å². The highest BCUT2D eigenvalue weighted by Gasteiger charge is 2.19. The lowest BCUT2D eigenvalue weighted by Gasteiger charge is -2.18. The van der Waals surface area contributed by atoms with Gasteiger partial charge in [0.05, 0.1) is 0 Å². The van der Waals surface area contributed by atoms with Crippen LogP contribution in [0, 0.1) is 0 Å². The third-order valence-corrected chi connectivity index (χ3v) is 13.5. The van der Waals surface area contributed by atoms with Gasteiger partial charge in [0.25, 0.3) is 0 Å². The second-order valence-electron chi connectivity index (χ2n) is 21.3. The third kappa shape index (κ3) is 65.7. The van der Waals surface area contributed by atoms with Crippen LogP contribution in [-0.4, -0.2) is 37.2 Å². The molecule has 0 radical (unpaired) electrons. The Morgan fingerprint density at radius 1 is 0.259 bits per heavy atom. The van der Waals surface area contributed by atoms with Crippen molar-refractivity contribution in [1.29, 1.82) is 0 Å². The van der Waals surface area contributed by atoms with Gasteiger partial charge in [-0.1, -0.05) is 288 Å². The summed E-state index contributed by atoms with van der Waals surface area (Å²) in [5, 5.41) is 0. The van der Waals surface area contributed by atoms with Gasteiger partial charge in [0, 0.05) is 19.3 Å². The predicted octanol–water partition coefficient (Wildman–Crippen LogP) is 22.9. The van der Waals surface area contributed by atoms with E-state index in [1.165, 1.54) is 70.6 Å². The van der Waals surface area contributed by atoms with E-state index in [1.807, 2.05) is 0 Å². The molecule has 0 rings (SSSR count). The van der Waals surface area contributed by atoms with E-state index in [1.54, 1.807) is 0 Å². The van der Waals surface area contributed by atoms with Gasteiger partial charge in [-0.2, -0.15) is 0 Å². The average molecular weight is 1120 g/mol. The smallest absolute Gasteiger partial charge is 0.306 e. The number of rotatable bonds is 58. The van der Waals surface area contributed by atoms with Gasteiger partial charge in [0.1, 0.15) is 13.2 Å². The van der Waals surface area contributed by atoms with Crippen LogP contribution in [0.4, 0.5) is 0 Å². The molecular formula is C75H120O6. The summed E-state index contributed by atoms with van der Waals surface area (Å²) in [6.07, 6.45) is 98.2. The first-order valence-electron chi connectivity index (χ1n) is 33.0. The molecule has 0 saturated heterocycles. The van der Waals surface area contributed by atoms with Crippen molar-refractivity contribution in [3.63, 3.8) is 0 Å². The fraction of sp³-hybridized carbons (Fsp3) is 0.613. The van der Waals surface area contributed by atoms with E-state index in [2.05, 4.69) is 179 Å². The van der Waals surface area contributed by atoms with Crippen molar-refractivity contribution in [3.8, 4) is 0 Å². The van der Waals surface area contributed by atoms with Gasteiger partial charge in [-0.15, -0.1) is 0 Å². The lowest BCUT2D eigenvalue weighted by Crippen LogP contribution is -2.30. The van der Waals surface area contributed by atoms with E-state index in [-0.39, 0.29) is 31.1 Å². The normalized spacial score (nSPS) is 13.2. The van der Waals surface area contributed by atoms with Crippen molar-refractivity contribution in [2.45, 2.75) is 284 Å². The summed E-state index contributed by atoms with van der Waals surface area (Å²) in [7, 11) is 0. The molecule has 0 aliphatic heterocycles. The molecule has 1 atom stereocenters. The van der Waals surface area contributed by atoms with Crippen LogP contribution < -0.4 is 0 Å². The van der Waals surface area contributed by atoms with Gasteiger partial charge in [0.2, 0.25) is 0 Å². The Bertz CT molecular complexity index is 1810. The minimum atomic E-state index is -0.802. The standard InChI is InChI=1S/C75H120O6/c1-4-7-10-13-16-19-22-24-26-28-30-32-34-35-36-37-38-39-41-42-44-46-48-50-53-56-59-62-65-68-74(77)80-71-72(70-79-73(76)67-64-61-58-55-52-21-18-15-12-9-6-3)81-75(78)69-66-63-60-57-54-51-49-47-45-43-40-33-31-29-27-25-23-20-17-14-11-8-5-2/h7-8,10-11,16-17,19-20,24-27,30-33,35-36,38-39,42-45,48,50,72H,4-6,9,12-15,18,21-23,28-29,34,37,40-41,46-47,49,51-71H2,1-3H3/b10-7-,11-8-,19-16-,20-17-,26-24-,27-25-,32-30-,33-31-,36-35-,39-38-,44-42-,45-43-,50-48-. The zero-order valence-electron chi connectivity index (χ0n) is 52.2. The van der Waals surface area contributed by atoms with Crippen molar-refractivity contribution in [2.24, 2.45) is 0 Å². The van der Waals surface area contributed by atoms with Gasteiger partial charge in [-0.05, 0) is 128 Å². The van der Waals surface area contributed by atoms with Crippen molar-refractivity contribution >= 4 is 17.9 Å². The second-order valence-corrected chi connectivity index (χ2v) is 21.3. The van der Waals surface area contributed by atoms with Gasteiger partial charge in [0.15, 0.2) is 6.10 Å². The van der Waals surface area contributed by atoms with E-state index < -0.39 is 6.10 Å². The van der Waals surface area contributed by atoms with Crippen LogP contribution >= 0.6 is 0 Å². The van der Waals surface area contributed by atoms with Crippen molar-refractivity contribution in [1.82, 2.24) is 0 Å². The highest BCUT2D eigenvalue weighted by molar-refractivity contribution is 5.71. The summed E-state index contributed by atoms with van der Waals surface area (Å²) in [5.74, 6) is -0.934. The van der Waals surface area contributed by atoms with E-state index in [0.717, 1.165) is 167 Å². The molecule has 0 aliphatic rings. The predicted molar refractivity (Wildman–Crippen MR) is 352 cm³/mol. The molecule has 0 amide bonds. The molecule has 6 nitrogen and oxygen atoms in total. The molecule has 0 aliphatic carbocycles. The van der Waals surface area contributed by atoms with E-state index in [0.29, 0.717) is 19.3 Å². The zero-order valence-corrected chi connectivity index (χ0v) is 52.2. The minimum Gasteiger partial charge on any atom is -0.462 e. The summed E-state index contributed by atoms with van der Waals surface area (Å²) >= 11 is 0. The van der Waals surface area contributed by atoms with Gasteiger partial charge in [-0.3, -0.25) is 14.4 Å². The molecule has 0 bridgehead atoms. The molecule has 0 N–H and O–H groups in total. The third-order valence-electron chi connectivity index (χ3n) is 13.5. The summed E-state index contributed by atoms with van der Waals surface area (Å²) in [5.41, 5.74) is 0. The maximum Gasteiger partial charge on any atom is 0.306 e. The maximum atomic E-state index is 12.9. The monoisotopic (exact) mass is 1120 g/mol. The van der Waals surface area contributed by atoms with Crippen LogP contribution in [0.25, 0.3) is 0 Å². The average Bonchev–Trinajstić information content (AvgIpc) is 3.47. The number of carbonyl (C=O) groups is 3. The first-order valence-corrected chi connectivity index (χ1v) is 33.0. The first kappa shape index (κ1) is 76.0. The summed E-state index contributed by atoms with van der Waals surface area (Å²) < 4.78 is 16.9. The summed E-state index contributed by atoms with van der Waals surface area (Å²) in [4.78, 5) is 38.3. The fourth-order valence-electron chi connectivity index (χ4n) is 8.66. The second kappa shape index (κ2) is 67.5. The van der Waals surface area contributed by atoms with Crippen LogP contribution in [-0.2, 0) is 28.6 Å². The number of esters is 3. The first-order chi connectivity index (χ1) is 40.0. The quantitative estimate of drug-likeness (QED) is 0.0261. The molecule has 0 aromatic heterocycles. The van der Waals surface area contributed by atoms with Crippen LogP contribution in [0.2, 0.25) is 0 Å². The largest absolute Gasteiger partial charge is 0.462 e. The van der Waals surface area contributed by atoms with E-state index >= 15 is 0 Å². The molecule has 6 heteroatoms. The summed E-state index contributed by atoms with van der Waals surface area (Å²) in [6.45, 7) is 6.38. The zero-order chi connectivity index (χ0) is 58.5. The van der Waals surface area contributed by atoms with Crippen molar-refractivity contribution in [3.05, 3.63) is 158 Å². The fourth-order valence-corrected chi connectivity index (χ4v) is 8.66. The number of unbranched alkanes of at least 4 members (excludes halogenated alkanes) is 21. The van der Waals surface area contributed by atoms with Crippen molar-refractivity contribution < 1.29 is 28.6 Å². The maximum absolute atomic E-state index is 12.9. The lowest BCUT2D eigenvalue weighted by molar-refractivity contribution is -0.167. The molecule has 0 saturated carbocycles. The molecule has 0 spiro atoms. The highest BCUT2D eigenvalue weighted by Crippen LogP contribution is 2.15. The van der Waals surface area contributed by atoms with E-state index in [9.17, 15) is 14.4 Å². The Morgan fingerprint density at radius 3 is 0.753 bits per heavy atom. The number of carbonyl (C=O) groups excluding carboxylic acids is 3. The number of allylic oxidation sites excluding steroid dienone is 26. The van der Waals surface area contributed by atoms with Crippen LogP contribution in [0.5, 0.6) is 0 Å². The number of hydrogen-bond donors (Lipinski definition) is 0. The Hall–Kier alpha value is -4.97. The van der Waals surface area contributed by atoms with Gasteiger partial charge >= 0.3 is 17.9 Å². The highest BCUT2D eigenvalue weighted by atomic mass is 16.6. The Labute approximate surface area is 499 Å². The molecule has 0 aromatic rings. The SMILES string of the molecule is CC/C=C\C/C=C\C/C=C\C/C=C\C/C=C\C/C=C\C/C=C\C/C=C\CCCCCCC(=O)OCC(COC(=O)CCCCCCCCCCCCC)OC(=O)CCCCCCCCC/C=C\C/C=C\C/C=C\C/C=C\C/C=C\CC. The molecule has 456 valence electrons. The molecular weight excluding hydrogens is 997 g/mol. The Kier molecular flexibility index (Phi) is 63.4. The van der Waals surface area contributed by atoms with Crippen LogP contribution in [0.15, 0.2) is 158 Å². The molecule has 0 heterocycles. The number of hydrogen-bond acceptors (Lipinski definition) is 6. The Morgan fingerprint density at radius 2 is 0.481 bits per heavy atom. The molecule has 1 unspecified atom stereocenters. The lowest BCUT2D eigenvalue weighted by atomic mass is 10.1. The van der Waals surface area contributed by atoms with E-state index in [4.69, 9.17) is 14.2 Å².